The summed E-state index contributed by atoms with van der Waals surface area (Å²) in [4.78, 5) is 22.1. The van der Waals surface area contributed by atoms with Gasteiger partial charge in [-0.15, -0.1) is 0 Å². The molecule has 170 valence electrons. The largest absolute Gasteiger partial charge is 0.417 e. The Bertz CT molecular complexity index is 881. The summed E-state index contributed by atoms with van der Waals surface area (Å²) in [6, 6.07) is 1.56. The summed E-state index contributed by atoms with van der Waals surface area (Å²) < 4.78 is 45.3. The molecule has 0 bridgehead atoms. The highest BCUT2D eigenvalue weighted by molar-refractivity contribution is 5.87. The van der Waals surface area contributed by atoms with E-state index >= 15 is 0 Å². The van der Waals surface area contributed by atoms with Crippen molar-refractivity contribution in [3.05, 3.63) is 29.1 Å². The summed E-state index contributed by atoms with van der Waals surface area (Å²) in [5.41, 5.74) is 0.0932. The van der Waals surface area contributed by atoms with Gasteiger partial charge in [0.05, 0.1) is 23.2 Å². The molecule has 3 fully saturated rings. The summed E-state index contributed by atoms with van der Waals surface area (Å²) >= 11 is 0. The monoisotopic (exact) mass is 437 g/mol. The van der Waals surface area contributed by atoms with Crippen molar-refractivity contribution in [2.24, 2.45) is 11.3 Å². The van der Waals surface area contributed by atoms with Gasteiger partial charge in [-0.3, -0.25) is 14.7 Å². The summed E-state index contributed by atoms with van der Waals surface area (Å²) in [7, 11) is 0. The number of pyridine rings is 1. The van der Waals surface area contributed by atoms with Crippen molar-refractivity contribution in [1.82, 2.24) is 14.8 Å². The maximum Gasteiger partial charge on any atom is 0.417 e. The molecular weight excluding hydrogens is 407 g/mol. The molecule has 1 spiro atoms. The van der Waals surface area contributed by atoms with Gasteiger partial charge >= 0.3 is 6.18 Å². The molecule has 2 saturated heterocycles. The number of aromatic nitrogens is 1. The normalized spacial score (nSPS) is 38.6. The zero-order valence-electron chi connectivity index (χ0n) is 18.3. The molecule has 8 heteroatoms. The average Bonchev–Trinajstić information content (AvgIpc) is 3.23. The zero-order chi connectivity index (χ0) is 22.1. The van der Waals surface area contributed by atoms with Gasteiger partial charge in [-0.25, -0.2) is 0 Å². The van der Waals surface area contributed by atoms with E-state index in [0.717, 1.165) is 38.5 Å². The lowest BCUT2D eigenvalue weighted by Gasteiger charge is -2.39. The molecule has 3 aliphatic heterocycles. The van der Waals surface area contributed by atoms with Crippen LogP contribution in [0.1, 0.15) is 56.9 Å². The molecule has 0 radical (unpaired) electrons. The topological polar surface area (TPSA) is 45.7 Å². The number of amides is 1. The van der Waals surface area contributed by atoms with Crippen LogP contribution in [0.4, 0.5) is 13.2 Å². The van der Waals surface area contributed by atoms with E-state index in [1.807, 2.05) is 4.90 Å². The molecule has 1 aliphatic carbocycles. The number of carbonyl (C=O) groups is 1. The number of nitrogens with zero attached hydrogens (tertiary/aromatic N) is 3. The van der Waals surface area contributed by atoms with Gasteiger partial charge in [0.2, 0.25) is 5.91 Å². The molecule has 1 amide bonds. The van der Waals surface area contributed by atoms with Crippen molar-refractivity contribution in [2.75, 3.05) is 13.1 Å². The van der Waals surface area contributed by atoms with Crippen molar-refractivity contribution in [2.45, 2.75) is 83.5 Å². The minimum atomic E-state index is -4.42. The third-order valence-corrected chi connectivity index (χ3v) is 8.15. The first-order valence-electron chi connectivity index (χ1n) is 11.3. The zero-order valence-corrected chi connectivity index (χ0v) is 18.3. The first-order valence-corrected chi connectivity index (χ1v) is 11.3. The van der Waals surface area contributed by atoms with Gasteiger partial charge in [-0.05, 0) is 50.7 Å². The van der Waals surface area contributed by atoms with Crippen LogP contribution in [0.2, 0.25) is 0 Å². The molecule has 4 aliphatic rings. The third-order valence-electron chi connectivity index (χ3n) is 8.15. The lowest BCUT2D eigenvalue weighted by Crippen LogP contribution is -2.50. The Kier molecular flexibility index (Phi) is 4.90. The van der Waals surface area contributed by atoms with Gasteiger partial charge in [-0.2, -0.15) is 13.2 Å². The van der Waals surface area contributed by atoms with Crippen LogP contribution in [0, 0.1) is 11.3 Å². The number of hydrogen-bond donors (Lipinski definition) is 0. The second-order valence-electron chi connectivity index (χ2n) is 10.1. The van der Waals surface area contributed by atoms with E-state index in [9.17, 15) is 18.0 Å². The van der Waals surface area contributed by atoms with Crippen LogP contribution in [-0.2, 0) is 28.7 Å². The van der Waals surface area contributed by atoms with E-state index < -0.39 is 17.2 Å². The first kappa shape index (κ1) is 21.2. The van der Waals surface area contributed by atoms with E-state index in [0.29, 0.717) is 23.7 Å². The van der Waals surface area contributed by atoms with E-state index in [1.165, 1.54) is 6.07 Å². The third kappa shape index (κ3) is 3.37. The number of hydrogen-bond acceptors (Lipinski definition) is 4. The number of fused-ring (bicyclic) bond motifs is 2. The molecule has 1 aromatic rings. The van der Waals surface area contributed by atoms with Crippen LogP contribution in [0.3, 0.4) is 0 Å². The second-order valence-corrected chi connectivity index (χ2v) is 10.1. The average molecular weight is 438 g/mol. The Labute approximate surface area is 180 Å². The van der Waals surface area contributed by atoms with Gasteiger partial charge in [0.15, 0.2) is 0 Å². The van der Waals surface area contributed by atoms with Crippen LogP contribution in [0.5, 0.6) is 0 Å². The fourth-order valence-electron chi connectivity index (χ4n) is 6.63. The van der Waals surface area contributed by atoms with E-state index in [-0.39, 0.29) is 36.6 Å². The van der Waals surface area contributed by atoms with Gasteiger partial charge in [0, 0.05) is 50.0 Å². The van der Waals surface area contributed by atoms with Gasteiger partial charge in [-0.1, -0.05) is 6.92 Å². The lowest BCUT2D eigenvalue weighted by atomic mass is 9.73. The van der Waals surface area contributed by atoms with Crippen LogP contribution in [0.15, 0.2) is 12.3 Å². The Morgan fingerprint density at radius 3 is 2.58 bits per heavy atom. The van der Waals surface area contributed by atoms with Crippen molar-refractivity contribution in [3.8, 4) is 0 Å². The number of rotatable bonds is 1. The predicted octanol–water partition coefficient (Wildman–Crippen LogP) is 3.65. The maximum atomic E-state index is 13.7. The maximum absolute atomic E-state index is 13.7. The molecule has 2 unspecified atom stereocenters. The molecule has 31 heavy (non-hydrogen) atoms. The first-order chi connectivity index (χ1) is 14.6. The van der Waals surface area contributed by atoms with Crippen molar-refractivity contribution < 1.29 is 22.7 Å². The number of halogens is 3. The van der Waals surface area contributed by atoms with Gasteiger partial charge in [0.1, 0.15) is 0 Å². The minimum absolute atomic E-state index is 0.0190. The smallest absolute Gasteiger partial charge is 0.373 e. The number of ether oxygens (including phenoxy) is 1. The Balaban J connectivity index is 1.38. The fourth-order valence-corrected chi connectivity index (χ4v) is 6.63. The lowest BCUT2D eigenvalue weighted by molar-refractivity contribution is -0.138. The summed E-state index contributed by atoms with van der Waals surface area (Å²) in [5, 5.41) is 0. The molecule has 5 rings (SSSR count). The summed E-state index contributed by atoms with van der Waals surface area (Å²) in [6.45, 7) is 8.35. The molecule has 1 aromatic heterocycles. The second kappa shape index (κ2) is 7.17. The van der Waals surface area contributed by atoms with Crippen molar-refractivity contribution in [1.29, 1.82) is 0 Å². The highest BCUT2D eigenvalue weighted by Gasteiger charge is 2.61. The molecular formula is C23H30F3N3O2. The standard InChI is InChI=1S/C23H30F3N3O2/c1-13-10-28(11-14(2)31-13)18-4-5-22(8-18)15(3)20-7-19-16(12-29(20)21(22)30)6-17(9-27-19)23(24,25)26/h6,9,13-15,18,20H,4-5,7-8,10-12H2,1-3H3/t13-,14+,15?,18-,20?,22-/m0/s1. The molecule has 4 heterocycles. The van der Waals surface area contributed by atoms with Crippen LogP contribution in [0.25, 0.3) is 0 Å². The number of morpholine rings is 1. The molecule has 5 nitrogen and oxygen atoms in total. The molecule has 1 saturated carbocycles. The SMILES string of the molecule is CC1C2Cc3ncc(C(F)(F)F)cc3CN2C(=O)[C@]12CC[C@H](N1C[C@@H](C)O[C@@H](C)C1)C2. The quantitative estimate of drug-likeness (QED) is 0.673. The predicted molar refractivity (Wildman–Crippen MR) is 108 cm³/mol. The summed E-state index contributed by atoms with van der Waals surface area (Å²) in [6.07, 6.45) is 0.0848. The molecule has 6 atom stereocenters. The van der Waals surface area contributed by atoms with Crippen LogP contribution < -0.4 is 0 Å². The Hall–Kier alpha value is -1.67. The van der Waals surface area contributed by atoms with E-state index in [1.54, 1.807) is 0 Å². The van der Waals surface area contributed by atoms with E-state index in [2.05, 4.69) is 30.7 Å². The molecule has 0 N–H and O–H groups in total. The minimum Gasteiger partial charge on any atom is -0.373 e. The van der Waals surface area contributed by atoms with Crippen LogP contribution >= 0.6 is 0 Å². The van der Waals surface area contributed by atoms with Crippen LogP contribution in [-0.4, -0.2) is 58.1 Å². The van der Waals surface area contributed by atoms with Gasteiger partial charge in [0.25, 0.3) is 0 Å². The highest BCUT2D eigenvalue weighted by Crippen LogP contribution is 2.55. The highest BCUT2D eigenvalue weighted by atomic mass is 19.4. The summed E-state index contributed by atoms with van der Waals surface area (Å²) in [5.74, 6) is 0.294. The van der Waals surface area contributed by atoms with Crippen molar-refractivity contribution in [3.63, 3.8) is 0 Å². The number of carbonyl (C=O) groups excluding carboxylic acids is 1. The van der Waals surface area contributed by atoms with E-state index in [4.69, 9.17) is 4.74 Å². The fraction of sp³-hybridized carbons (Fsp3) is 0.739. The Morgan fingerprint density at radius 1 is 1.19 bits per heavy atom. The molecule has 0 aromatic carbocycles. The number of alkyl halides is 3. The van der Waals surface area contributed by atoms with Crippen molar-refractivity contribution >= 4 is 5.91 Å². The van der Waals surface area contributed by atoms with Gasteiger partial charge < -0.3 is 9.64 Å². The Morgan fingerprint density at radius 2 is 1.90 bits per heavy atom.